The Balaban J connectivity index is 1.68. The SMILES string of the molecule is CCC1CN2CCCCC2CN1Cc1ncon1. The lowest BCUT2D eigenvalue weighted by Gasteiger charge is -2.48. The number of fused-ring (bicyclic) bond motifs is 1. The molecule has 2 atom stereocenters. The Morgan fingerprint density at radius 1 is 1.39 bits per heavy atom. The largest absolute Gasteiger partial charge is 0.343 e. The molecule has 3 rings (SSSR count). The number of hydrogen-bond acceptors (Lipinski definition) is 5. The maximum Gasteiger partial charge on any atom is 0.213 e. The van der Waals surface area contributed by atoms with Crippen molar-refractivity contribution in [1.82, 2.24) is 19.9 Å². The van der Waals surface area contributed by atoms with Crippen LogP contribution in [0.15, 0.2) is 10.9 Å². The van der Waals surface area contributed by atoms with Crippen molar-refractivity contribution in [2.75, 3.05) is 19.6 Å². The highest BCUT2D eigenvalue weighted by Gasteiger charge is 2.34. The van der Waals surface area contributed by atoms with E-state index in [-0.39, 0.29) is 0 Å². The van der Waals surface area contributed by atoms with Gasteiger partial charge < -0.3 is 4.52 Å². The molecule has 1 aromatic rings. The minimum atomic E-state index is 0.637. The van der Waals surface area contributed by atoms with Crippen LogP contribution in [0.2, 0.25) is 0 Å². The van der Waals surface area contributed by atoms with Gasteiger partial charge in [-0.3, -0.25) is 9.80 Å². The summed E-state index contributed by atoms with van der Waals surface area (Å²) in [6.07, 6.45) is 6.72. The molecule has 2 unspecified atom stereocenters. The molecular weight excluding hydrogens is 228 g/mol. The third kappa shape index (κ3) is 2.42. The molecule has 0 amide bonds. The van der Waals surface area contributed by atoms with Crippen molar-refractivity contribution in [1.29, 1.82) is 0 Å². The van der Waals surface area contributed by atoms with Crippen LogP contribution in [0.25, 0.3) is 0 Å². The molecule has 18 heavy (non-hydrogen) atoms. The molecule has 0 spiro atoms. The molecule has 2 aliphatic rings. The molecule has 0 radical (unpaired) electrons. The lowest BCUT2D eigenvalue weighted by Crippen LogP contribution is -2.59. The Labute approximate surface area is 108 Å². The summed E-state index contributed by atoms with van der Waals surface area (Å²) in [6.45, 7) is 6.76. The van der Waals surface area contributed by atoms with Gasteiger partial charge in [0.1, 0.15) is 0 Å². The van der Waals surface area contributed by atoms with E-state index in [9.17, 15) is 0 Å². The van der Waals surface area contributed by atoms with Crippen LogP contribution in [0.4, 0.5) is 0 Å². The van der Waals surface area contributed by atoms with Crippen molar-refractivity contribution >= 4 is 0 Å². The maximum absolute atomic E-state index is 4.83. The molecule has 0 aliphatic carbocycles. The van der Waals surface area contributed by atoms with E-state index in [1.165, 1.54) is 45.2 Å². The van der Waals surface area contributed by atoms with E-state index in [4.69, 9.17) is 4.52 Å². The number of piperidine rings is 1. The van der Waals surface area contributed by atoms with E-state index in [2.05, 4.69) is 26.9 Å². The van der Waals surface area contributed by atoms with Crippen molar-refractivity contribution < 1.29 is 4.52 Å². The Kier molecular flexibility index (Phi) is 3.61. The average molecular weight is 250 g/mol. The fourth-order valence-electron chi connectivity index (χ4n) is 3.34. The quantitative estimate of drug-likeness (QED) is 0.814. The second-order valence-electron chi connectivity index (χ2n) is 5.48. The molecule has 2 saturated heterocycles. The second kappa shape index (κ2) is 5.36. The van der Waals surface area contributed by atoms with E-state index >= 15 is 0 Å². The Morgan fingerprint density at radius 3 is 3.11 bits per heavy atom. The monoisotopic (exact) mass is 250 g/mol. The summed E-state index contributed by atoms with van der Waals surface area (Å²) >= 11 is 0. The van der Waals surface area contributed by atoms with Crippen LogP contribution >= 0.6 is 0 Å². The normalized spacial score (nSPS) is 30.3. The van der Waals surface area contributed by atoms with Gasteiger partial charge in [-0.25, -0.2) is 0 Å². The first kappa shape index (κ1) is 12.1. The third-order valence-corrected chi connectivity index (χ3v) is 4.38. The van der Waals surface area contributed by atoms with Crippen molar-refractivity contribution in [3.63, 3.8) is 0 Å². The smallest absolute Gasteiger partial charge is 0.213 e. The average Bonchev–Trinajstić information content (AvgIpc) is 2.91. The van der Waals surface area contributed by atoms with Gasteiger partial charge in [-0.2, -0.15) is 4.98 Å². The first-order valence-corrected chi connectivity index (χ1v) is 7.10. The van der Waals surface area contributed by atoms with E-state index in [0.29, 0.717) is 6.04 Å². The summed E-state index contributed by atoms with van der Waals surface area (Å²) in [5.41, 5.74) is 0. The molecule has 2 fully saturated rings. The highest BCUT2D eigenvalue weighted by atomic mass is 16.5. The van der Waals surface area contributed by atoms with Crippen LogP contribution in [-0.2, 0) is 6.54 Å². The number of rotatable bonds is 3. The first-order valence-electron chi connectivity index (χ1n) is 7.10. The maximum atomic E-state index is 4.83. The summed E-state index contributed by atoms with van der Waals surface area (Å²) in [4.78, 5) is 9.37. The first-order chi connectivity index (χ1) is 8.86. The molecule has 0 N–H and O–H groups in total. The van der Waals surface area contributed by atoms with E-state index < -0.39 is 0 Å². The summed E-state index contributed by atoms with van der Waals surface area (Å²) < 4.78 is 4.83. The molecule has 100 valence electrons. The Hall–Kier alpha value is -0.940. The van der Waals surface area contributed by atoms with Crippen molar-refractivity contribution in [2.45, 2.75) is 51.2 Å². The van der Waals surface area contributed by atoms with Crippen molar-refractivity contribution in [3.05, 3.63) is 12.2 Å². The summed E-state index contributed by atoms with van der Waals surface area (Å²) in [5, 5.41) is 3.94. The number of aromatic nitrogens is 2. The van der Waals surface area contributed by atoms with Gasteiger partial charge in [0.2, 0.25) is 6.39 Å². The fraction of sp³-hybridized carbons (Fsp3) is 0.846. The lowest BCUT2D eigenvalue weighted by atomic mass is 9.96. The minimum Gasteiger partial charge on any atom is -0.343 e. The highest BCUT2D eigenvalue weighted by Crippen LogP contribution is 2.25. The zero-order chi connectivity index (χ0) is 12.4. The second-order valence-corrected chi connectivity index (χ2v) is 5.48. The van der Waals surface area contributed by atoms with Crippen LogP contribution < -0.4 is 0 Å². The van der Waals surface area contributed by atoms with Gasteiger partial charge in [0.05, 0.1) is 6.54 Å². The zero-order valence-corrected chi connectivity index (χ0v) is 11.1. The predicted molar refractivity (Wildman–Crippen MR) is 68.0 cm³/mol. The van der Waals surface area contributed by atoms with E-state index in [0.717, 1.165) is 25.0 Å². The predicted octanol–water partition coefficient (Wildman–Crippen LogP) is 1.52. The topological polar surface area (TPSA) is 45.4 Å². The van der Waals surface area contributed by atoms with Gasteiger partial charge in [-0.1, -0.05) is 18.5 Å². The van der Waals surface area contributed by atoms with Crippen LogP contribution in [0, 0.1) is 0 Å². The summed E-state index contributed by atoms with van der Waals surface area (Å²) in [6, 6.07) is 1.38. The highest BCUT2D eigenvalue weighted by molar-refractivity contribution is 4.92. The van der Waals surface area contributed by atoms with Crippen molar-refractivity contribution in [3.8, 4) is 0 Å². The molecule has 2 aliphatic heterocycles. The molecule has 5 heteroatoms. The van der Waals surface area contributed by atoms with Gasteiger partial charge in [-0.05, 0) is 25.8 Å². The van der Waals surface area contributed by atoms with Crippen LogP contribution in [0.3, 0.4) is 0 Å². The molecule has 1 aromatic heterocycles. The van der Waals surface area contributed by atoms with Gasteiger partial charge in [0, 0.05) is 25.2 Å². The van der Waals surface area contributed by atoms with E-state index in [1.807, 2.05) is 0 Å². The van der Waals surface area contributed by atoms with Gasteiger partial charge in [0.15, 0.2) is 5.82 Å². The molecule has 0 aromatic carbocycles. The molecular formula is C13H22N4O. The summed E-state index contributed by atoms with van der Waals surface area (Å²) in [5.74, 6) is 0.817. The minimum absolute atomic E-state index is 0.637. The summed E-state index contributed by atoms with van der Waals surface area (Å²) in [7, 11) is 0. The van der Waals surface area contributed by atoms with Gasteiger partial charge >= 0.3 is 0 Å². The van der Waals surface area contributed by atoms with Crippen molar-refractivity contribution in [2.24, 2.45) is 0 Å². The lowest BCUT2D eigenvalue weighted by molar-refractivity contribution is 0.00177. The zero-order valence-electron chi connectivity index (χ0n) is 11.1. The van der Waals surface area contributed by atoms with Gasteiger partial charge in [-0.15, -0.1) is 0 Å². The number of piperazine rings is 1. The Bertz CT molecular complexity index is 367. The fourth-order valence-corrected chi connectivity index (χ4v) is 3.34. The number of hydrogen-bond donors (Lipinski definition) is 0. The number of nitrogens with zero attached hydrogens (tertiary/aromatic N) is 4. The van der Waals surface area contributed by atoms with E-state index in [1.54, 1.807) is 0 Å². The van der Waals surface area contributed by atoms with Gasteiger partial charge in [0.25, 0.3) is 0 Å². The molecule has 0 saturated carbocycles. The molecule has 5 nitrogen and oxygen atoms in total. The van der Waals surface area contributed by atoms with Crippen LogP contribution in [0.5, 0.6) is 0 Å². The van der Waals surface area contributed by atoms with Crippen LogP contribution in [0.1, 0.15) is 38.4 Å². The van der Waals surface area contributed by atoms with Crippen LogP contribution in [-0.4, -0.2) is 51.7 Å². The molecule has 0 bridgehead atoms. The molecule has 3 heterocycles. The Morgan fingerprint density at radius 2 is 2.33 bits per heavy atom. The third-order valence-electron chi connectivity index (χ3n) is 4.38. The standard InChI is InChI=1S/C13H22N4O/c1-2-11-7-16-6-4-3-5-12(16)8-17(11)9-13-14-10-18-15-13/h10-12H,2-9H2,1H3.